The maximum atomic E-state index is 10.5. The number of ether oxygens (including phenoxy) is 1. The average Bonchev–Trinajstić information content (AvgIpc) is 2.18. The molecule has 16 heavy (non-hydrogen) atoms. The lowest BCUT2D eigenvalue weighted by Gasteiger charge is -2.40. The summed E-state index contributed by atoms with van der Waals surface area (Å²) in [6, 6.07) is 0. The van der Waals surface area contributed by atoms with Crippen LogP contribution in [-0.4, -0.2) is 66.2 Å². The van der Waals surface area contributed by atoms with Crippen LogP contribution < -0.4 is 5.14 Å². The Morgan fingerprint density at radius 3 is 2.50 bits per heavy atom. The van der Waals surface area contributed by atoms with Crippen LogP contribution in [0.2, 0.25) is 0 Å². The second-order valence-electron chi connectivity index (χ2n) is 3.41. The van der Waals surface area contributed by atoms with Gasteiger partial charge in [-0.3, -0.25) is 4.18 Å². The molecule has 6 N–H and O–H groups in total. The molecule has 10 heteroatoms. The molecule has 4 atom stereocenters. The van der Waals surface area contributed by atoms with Gasteiger partial charge in [0.2, 0.25) is 5.79 Å². The van der Waals surface area contributed by atoms with Gasteiger partial charge in [-0.2, -0.15) is 8.42 Å². The number of hydrogen-bond donors (Lipinski definition) is 5. The fourth-order valence-corrected chi connectivity index (χ4v) is 1.52. The van der Waals surface area contributed by atoms with Gasteiger partial charge in [-0.1, -0.05) is 0 Å². The summed E-state index contributed by atoms with van der Waals surface area (Å²) < 4.78 is 29.6. The van der Waals surface area contributed by atoms with Crippen molar-refractivity contribution in [2.75, 3.05) is 13.2 Å². The van der Waals surface area contributed by atoms with E-state index in [4.69, 9.17) is 5.11 Å². The van der Waals surface area contributed by atoms with Gasteiger partial charge in [0, 0.05) is 0 Å². The number of aliphatic hydroxyl groups is 4. The van der Waals surface area contributed by atoms with Crippen LogP contribution in [-0.2, 0) is 19.2 Å². The SMILES string of the molecule is NS(=O)(=O)OC[C@]1(O)OC[C@@H](O)[C@@H](O)[C@@H]1O. The monoisotopic (exact) mass is 259 g/mol. The summed E-state index contributed by atoms with van der Waals surface area (Å²) in [6.07, 6.45) is -4.98. The molecule has 9 nitrogen and oxygen atoms in total. The van der Waals surface area contributed by atoms with Crippen molar-refractivity contribution in [3.8, 4) is 0 Å². The Balaban J connectivity index is 2.70. The highest BCUT2D eigenvalue weighted by atomic mass is 32.2. The zero-order chi connectivity index (χ0) is 12.6. The number of nitrogens with two attached hydrogens (primary N) is 1. The predicted octanol–water partition coefficient (Wildman–Crippen LogP) is -3.99. The van der Waals surface area contributed by atoms with Crippen LogP contribution in [0.3, 0.4) is 0 Å². The smallest absolute Gasteiger partial charge is 0.333 e. The van der Waals surface area contributed by atoms with Gasteiger partial charge in [0.25, 0.3) is 0 Å². The van der Waals surface area contributed by atoms with Crippen LogP contribution in [0.5, 0.6) is 0 Å². The summed E-state index contributed by atoms with van der Waals surface area (Å²) in [5.74, 6) is -2.44. The summed E-state index contributed by atoms with van der Waals surface area (Å²) in [7, 11) is -4.31. The van der Waals surface area contributed by atoms with Crippen molar-refractivity contribution in [3.63, 3.8) is 0 Å². The van der Waals surface area contributed by atoms with E-state index in [-0.39, 0.29) is 0 Å². The van der Waals surface area contributed by atoms with Crippen molar-refractivity contribution in [1.82, 2.24) is 0 Å². The lowest BCUT2D eigenvalue weighted by molar-refractivity contribution is -0.328. The Morgan fingerprint density at radius 2 is 2.00 bits per heavy atom. The van der Waals surface area contributed by atoms with Crippen molar-refractivity contribution in [2.24, 2.45) is 5.14 Å². The summed E-state index contributed by atoms with van der Waals surface area (Å²) in [6.45, 7) is -1.47. The molecule has 0 amide bonds. The molecule has 1 aliphatic rings. The Bertz CT molecular complexity index is 344. The predicted molar refractivity (Wildman–Crippen MR) is 48.0 cm³/mol. The molecule has 0 bridgehead atoms. The average molecular weight is 259 g/mol. The van der Waals surface area contributed by atoms with Gasteiger partial charge in [-0.15, -0.1) is 0 Å². The molecule has 0 spiro atoms. The number of rotatable bonds is 3. The van der Waals surface area contributed by atoms with Gasteiger partial charge < -0.3 is 25.2 Å². The standard InChI is InChI=1S/C6H13NO8S/c7-16(12,13)15-2-6(11)5(10)4(9)3(8)1-14-6/h3-5,8-11H,1-2H2,(H2,7,12,13)/t3-,4-,5+,6+/m1/s1. The molecule has 96 valence electrons. The topological polar surface area (TPSA) is 160 Å². The molecule has 1 aliphatic heterocycles. The van der Waals surface area contributed by atoms with Crippen molar-refractivity contribution < 1.29 is 37.8 Å². The van der Waals surface area contributed by atoms with Gasteiger partial charge >= 0.3 is 10.3 Å². The minimum Gasteiger partial charge on any atom is -0.388 e. The van der Waals surface area contributed by atoms with E-state index in [1.54, 1.807) is 0 Å². The molecule has 1 rings (SSSR count). The number of hydrogen-bond acceptors (Lipinski definition) is 8. The first kappa shape index (κ1) is 13.7. The molecule has 1 heterocycles. The third-order valence-corrected chi connectivity index (χ3v) is 2.56. The first-order valence-corrected chi connectivity index (χ1v) is 5.70. The summed E-state index contributed by atoms with van der Waals surface area (Å²) >= 11 is 0. The maximum absolute atomic E-state index is 10.5. The van der Waals surface area contributed by atoms with Gasteiger partial charge in [0.05, 0.1) is 6.61 Å². The largest absolute Gasteiger partial charge is 0.388 e. The second-order valence-corrected chi connectivity index (χ2v) is 4.63. The molecule has 0 radical (unpaired) electrons. The molecule has 1 saturated heterocycles. The minimum absolute atomic E-state index is 0.483. The van der Waals surface area contributed by atoms with Crippen LogP contribution in [0.1, 0.15) is 0 Å². The Labute approximate surface area is 91.3 Å². The number of aliphatic hydroxyl groups excluding tert-OH is 3. The fraction of sp³-hybridized carbons (Fsp3) is 1.00. The van der Waals surface area contributed by atoms with E-state index in [1.165, 1.54) is 0 Å². The van der Waals surface area contributed by atoms with E-state index < -0.39 is 47.6 Å². The van der Waals surface area contributed by atoms with Gasteiger partial charge in [0.15, 0.2) is 0 Å². The van der Waals surface area contributed by atoms with Crippen molar-refractivity contribution in [1.29, 1.82) is 0 Å². The summed E-state index contributed by atoms with van der Waals surface area (Å²) in [5, 5.41) is 41.8. The van der Waals surface area contributed by atoms with Crippen molar-refractivity contribution in [3.05, 3.63) is 0 Å². The fourth-order valence-electron chi connectivity index (χ4n) is 1.18. The van der Waals surface area contributed by atoms with E-state index >= 15 is 0 Å². The summed E-state index contributed by atoms with van der Waals surface area (Å²) in [5.41, 5.74) is 0. The highest BCUT2D eigenvalue weighted by Gasteiger charge is 2.49. The second kappa shape index (κ2) is 4.50. The first-order valence-electron chi connectivity index (χ1n) is 4.23. The van der Waals surface area contributed by atoms with Crippen LogP contribution in [0.15, 0.2) is 0 Å². The first-order chi connectivity index (χ1) is 7.16. The van der Waals surface area contributed by atoms with E-state index in [0.717, 1.165) is 0 Å². The molecule has 0 aromatic rings. The van der Waals surface area contributed by atoms with Crippen molar-refractivity contribution in [2.45, 2.75) is 24.1 Å². The molecule has 1 fully saturated rings. The van der Waals surface area contributed by atoms with Gasteiger partial charge in [-0.05, 0) is 0 Å². The lowest BCUT2D eigenvalue weighted by atomic mass is 9.98. The van der Waals surface area contributed by atoms with E-state index in [9.17, 15) is 23.7 Å². The molecule has 0 unspecified atom stereocenters. The summed E-state index contributed by atoms with van der Waals surface area (Å²) in [4.78, 5) is 0. The highest BCUT2D eigenvalue weighted by Crippen LogP contribution is 2.24. The van der Waals surface area contributed by atoms with E-state index in [2.05, 4.69) is 14.1 Å². The normalized spacial score (nSPS) is 40.9. The van der Waals surface area contributed by atoms with Gasteiger partial charge in [0.1, 0.15) is 24.9 Å². The molecular weight excluding hydrogens is 246 g/mol. The molecule has 0 aromatic carbocycles. The van der Waals surface area contributed by atoms with Crippen LogP contribution in [0, 0.1) is 0 Å². The third-order valence-electron chi connectivity index (χ3n) is 2.11. The lowest BCUT2D eigenvalue weighted by Crippen LogP contribution is -2.63. The molecule has 0 saturated carbocycles. The van der Waals surface area contributed by atoms with E-state index in [0.29, 0.717) is 0 Å². The molecule has 0 aromatic heterocycles. The van der Waals surface area contributed by atoms with Gasteiger partial charge in [-0.25, -0.2) is 5.14 Å². The quantitative estimate of drug-likeness (QED) is 0.343. The van der Waals surface area contributed by atoms with Crippen LogP contribution in [0.4, 0.5) is 0 Å². The highest BCUT2D eigenvalue weighted by molar-refractivity contribution is 7.84. The molecular formula is C6H13NO8S. The Kier molecular flexibility index (Phi) is 3.87. The Hall–Kier alpha value is -0.330. The zero-order valence-electron chi connectivity index (χ0n) is 8.05. The van der Waals surface area contributed by atoms with Crippen LogP contribution in [0.25, 0.3) is 0 Å². The van der Waals surface area contributed by atoms with Crippen molar-refractivity contribution >= 4 is 10.3 Å². The molecule has 0 aliphatic carbocycles. The third kappa shape index (κ3) is 3.09. The maximum Gasteiger partial charge on any atom is 0.333 e. The van der Waals surface area contributed by atoms with Crippen LogP contribution >= 0.6 is 0 Å². The van der Waals surface area contributed by atoms with E-state index in [1.807, 2.05) is 0 Å². The Morgan fingerprint density at radius 1 is 1.44 bits per heavy atom. The zero-order valence-corrected chi connectivity index (χ0v) is 8.87. The minimum atomic E-state index is -4.31.